The Morgan fingerprint density at radius 1 is 0.967 bits per heavy atom. The maximum Gasteiger partial charge on any atom is 0.227 e. The highest BCUT2D eigenvalue weighted by Crippen LogP contribution is 2.31. The number of fused-ring (bicyclic) bond motifs is 1. The molecule has 2 aromatic heterocycles. The lowest BCUT2D eigenvalue weighted by Gasteiger charge is -2.25. The molecule has 7 nitrogen and oxygen atoms in total. The topological polar surface area (TPSA) is 74.1 Å². The number of halogens is 2. The van der Waals surface area contributed by atoms with Gasteiger partial charge in [0, 0.05) is 18.8 Å². The number of aromatic nitrogens is 4. The van der Waals surface area contributed by atoms with E-state index in [4.69, 9.17) is 9.47 Å². The van der Waals surface area contributed by atoms with Crippen LogP contribution in [0.25, 0.3) is 22.4 Å². The Bertz CT molecular complexity index is 1050. The van der Waals surface area contributed by atoms with Gasteiger partial charge in [0.15, 0.2) is 17.3 Å². The molecule has 5 rings (SSSR count). The Hall–Kier alpha value is -2.65. The Kier molecular flexibility index (Phi) is 5.30. The van der Waals surface area contributed by atoms with Gasteiger partial charge < -0.3 is 14.8 Å². The fourth-order valence-corrected chi connectivity index (χ4v) is 3.98. The minimum Gasteiger partial charge on any atom is -0.359 e. The molecule has 1 N–H and O–H groups in total. The molecule has 0 amide bonds. The van der Waals surface area contributed by atoms with Crippen molar-refractivity contribution in [1.29, 1.82) is 0 Å². The molecule has 30 heavy (non-hydrogen) atoms. The van der Waals surface area contributed by atoms with Crippen LogP contribution in [0, 0.1) is 11.6 Å². The lowest BCUT2D eigenvalue weighted by atomic mass is 10.1. The van der Waals surface area contributed by atoms with E-state index < -0.39 is 11.6 Å². The summed E-state index contributed by atoms with van der Waals surface area (Å²) in [6, 6.07) is 3.72. The van der Waals surface area contributed by atoms with E-state index in [1.807, 2.05) is 4.57 Å². The Morgan fingerprint density at radius 2 is 1.80 bits per heavy atom. The van der Waals surface area contributed by atoms with E-state index in [0.29, 0.717) is 41.6 Å². The van der Waals surface area contributed by atoms with E-state index in [0.717, 1.165) is 50.7 Å². The van der Waals surface area contributed by atoms with Gasteiger partial charge >= 0.3 is 0 Å². The standard InChI is InChI=1S/C21H23F2N5O2/c22-14-8-7-13(11-15(14)23)18-19-20(28(12-24-19)17-6-2-4-10-30-17)27-21(26-18)25-16-5-1-3-9-29-16/h7-8,11-12,16-17H,1-6,9-10H2,(H,25,26,27). The molecule has 0 aliphatic carbocycles. The zero-order chi connectivity index (χ0) is 20.5. The number of hydrogen-bond acceptors (Lipinski definition) is 6. The second-order valence-electron chi connectivity index (χ2n) is 7.67. The minimum absolute atomic E-state index is 0.157. The van der Waals surface area contributed by atoms with Crippen LogP contribution in [0.3, 0.4) is 0 Å². The molecule has 158 valence electrons. The first kappa shape index (κ1) is 19.3. The number of nitrogens with one attached hydrogen (secondary N) is 1. The highest BCUT2D eigenvalue weighted by Gasteiger charge is 2.23. The normalized spacial score (nSPS) is 22.3. The lowest BCUT2D eigenvalue weighted by molar-refractivity contribution is -0.0298. The first-order chi connectivity index (χ1) is 14.7. The lowest BCUT2D eigenvalue weighted by Crippen LogP contribution is -2.28. The van der Waals surface area contributed by atoms with Crippen molar-refractivity contribution in [2.24, 2.45) is 0 Å². The first-order valence-corrected chi connectivity index (χ1v) is 10.4. The van der Waals surface area contributed by atoms with Crippen LogP contribution in [0.4, 0.5) is 14.7 Å². The van der Waals surface area contributed by atoms with Crippen molar-refractivity contribution in [2.45, 2.75) is 51.0 Å². The average Bonchev–Trinajstić information content (AvgIpc) is 3.20. The molecule has 2 fully saturated rings. The van der Waals surface area contributed by atoms with Gasteiger partial charge in [-0.2, -0.15) is 4.98 Å². The molecule has 0 saturated carbocycles. The quantitative estimate of drug-likeness (QED) is 0.681. The van der Waals surface area contributed by atoms with Crippen molar-refractivity contribution in [3.63, 3.8) is 0 Å². The van der Waals surface area contributed by atoms with Crippen molar-refractivity contribution in [3.05, 3.63) is 36.2 Å². The SMILES string of the molecule is Fc1ccc(-c2nc(NC3CCCCO3)nc3c2ncn3C2CCCCO2)cc1F. The summed E-state index contributed by atoms with van der Waals surface area (Å²) < 4.78 is 41.0. The molecule has 2 aliphatic rings. The zero-order valence-corrected chi connectivity index (χ0v) is 16.5. The molecule has 0 radical (unpaired) electrons. The van der Waals surface area contributed by atoms with Gasteiger partial charge in [0.1, 0.15) is 23.7 Å². The highest BCUT2D eigenvalue weighted by atomic mass is 19.2. The minimum atomic E-state index is -0.931. The third-order valence-corrected chi connectivity index (χ3v) is 5.55. The molecule has 1 aromatic carbocycles. The van der Waals surface area contributed by atoms with Gasteiger partial charge in [0.2, 0.25) is 5.95 Å². The summed E-state index contributed by atoms with van der Waals surface area (Å²) in [6.07, 6.45) is 7.24. The van der Waals surface area contributed by atoms with E-state index in [1.54, 1.807) is 6.33 Å². The predicted molar refractivity (Wildman–Crippen MR) is 107 cm³/mol. The van der Waals surface area contributed by atoms with Crippen LogP contribution in [0.15, 0.2) is 24.5 Å². The van der Waals surface area contributed by atoms with Gasteiger partial charge in [-0.05, 0) is 56.7 Å². The zero-order valence-electron chi connectivity index (χ0n) is 16.5. The number of benzene rings is 1. The van der Waals surface area contributed by atoms with E-state index in [9.17, 15) is 8.78 Å². The molecule has 2 unspecified atom stereocenters. The molecule has 2 atom stereocenters. The molecule has 9 heteroatoms. The number of hydrogen-bond donors (Lipinski definition) is 1. The van der Waals surface area contributed by atoms with Crippen LogP contribution in [0.2, 0.25) is 0 Å². The largest absolute Gasteiger partial charge is 0.359 e. The maximum atomic E-state index is 13.9. The molecule has 2 aliphatic heterocycles. The second-order valence-corrected chi connectivity index (χ2v) is 7.67. The number of rotatable bonds is 4. The van der Waals surface area contributed by atoms with E-state index in [2.05, 4.69) is 20.3 Å². The molecular formula is C21H23F2N5O2. The number of nitrogens with zero attached hydrogens (tertiary/aromatic N) is 4. The summed E-state index contributed by atoms with van der Waals surface area (Å²) in [5.74, 6) is -1.47. The summed E-state index contributed by atoms with van der Waals surface area (Å²) in [5.41, 5.74) is 1.98. The third kappa shape index (κ3) is 3.75. The summed E-state index contributed by atoms with van der Waals surface area (Å²) in [5, 5.41) is 3.23. The molecule has 4 heterocycles. The number of imidazole rings is 1. The van der Waals surface area contributed by atoms with Crippen LogP contribution in [-0.4, -0.2) is 39.0 Å². The summed E-state index contributed by atoms with van der Waals surface area (Å²) in [7, 11) is 0. The molecule has 0 spiro atoms. The summed E-state index contributed by atoms with van der Waals surface area (Å²) in [6.45, 7) is 1.37. The van der Waals surface area contributed by atoms with E-state index in [-0.39, 0.29) is 12.5 Å². The van der Waals surface area contributed by atoms with Gasteiger partial charge in [-0.1, -0.05) is 0 Å². The first-order valence-electron chi connectivity index (χ1n) is 10.4. The van der Waals surface area contributed by atoms with Crippen LogP contribution < -0.4 is 5.32 Å². The Morgan fingerprint density at radius 3 is 2.53 bits per heavy atom. The molecule has 2 saturated heterocycles. The van der Waals surface area contributed by atoms with Crippen LogP contribution >= 0.6 is 0 Å². The van der Waals surface area contributed by atoms with Gasteiger partial charge in [-0.3, -0.25) is 4.57 Å². The van der Waals surface area contributed by atoms with Gasteiger partial charge in [0.05, 0.1) is 6.33 Å². The second kappa shape index (κ2) is 8.23. The van der Waals surface area contributed by atoms with E-state index in [1.165, 1.54) is 6.07 Å². The fraction of sp³-hybridized carbons (Fsp3) is 0.476. The van der Waals surface area contributed by atoms with Crippen molar-refractivity contribution in [3.8, 4) is 11.3 Å². The van der Waals surface area contributed by atoms with E-state index >= 15 is 0 Å². The Balaban J connectivity index is 1.60. The Labute approximate surface area is 172 Å². The average molecular weight is 415 g/mol. The molecule has 3 aromatic rings. The highest BCUT2D eigenvalue weighted by molar-refractivity contribution is 5.88. The number of ether oxygens (including phenoxy) is 2. The molecular weight excluding hydrogens is 392 g/mol. The van der Waals surface area contributed by atoms with Crippen LogP contribution in [-0.2, 0) is 9.47 Å². The van der Waals surface area contributed by atoms with Gasteiger partial charge in [-0.15, -0.1) is 0 Å². The predicted octanol–water partition coefficient (Wildman–Crippen LogP) is 4.41. The fourth-order valence-electron chi connectivity index (χ4n) is 3.98. The van der Waals surface area contributed by atoms with Gasteiger partial charge in [-0.25, -0.2) is 18.7 Å². The monoisotopic (exact) mass is 415 g/mol. The van der Waals surface area contributed by atoms with Crippen molar-refractivity contribution < 1.29 is 18.3 Å². The third-order valence-electron chi connectivity index (χ3n) is 5.55. The summed E-state index contributed by atoms with van der Waals surface area (Å²) >= 11 is 0. The van der Waals surface area contributed by atoms with Crippen molar-refractivity contribution in [2.75, 3.05) is 18.5 Å². The van der Waals surface area contributed by atoms with Crippen LogP contribution in [0.5, 0.6) is 0 Å². The van der Waals surface area contributed by atoms with Crippen molar-refractivity contribution in [1.82, 2.24) is 19.5 Å². The summed E-state index contributed by atoms with van der Waals surface area (Å²) in [4.78, 5) is 13.8. The smallest absolute Gasteiger partial charge is 0.227 e. The van der Waals surface area contributed by atoms with Gasteiger partial charge in [0.25, 0.3) is 0 Å². The molecule has 0 bridgehead atoms. The number of anilines is 1. The van der Waals surface area contributed by atoms with Crippen LogP contribution in [0.1, 0.15) is 44.8 Å². The maximum absolute atomic E-state index is 13.9. The van der Waals surface area contributed by atoms with Crippen molar-refractivity contribution >= 4 is 17.1 Å².